The van der Waals surface area contributed by atoms with Gasteiger partial charge in [-0.15, -0.1) is 0 Å². The van der Waals surface area contributed by atoms with Crippen LogP contribution in [0.3, 0.4) is 0 Å². The van der Waals surface area contributed by atoms with Gasteiger partial charge in [0, 0.05) is 20.2 Å². The van der Waals surface area contributed by atoms with Crippen LogP contribution >= 0.6 is 0 Å². The predicted molar refractivity (Wildman–Crippen MR) is 51.2 cm³/mol. The first kappa shape index (κ1) is 10.7. The van der Waals surface area contributed by atoms with E-state index in [0.29, 0.717) is 6.42 Å². The Morgan fingerprint density at radius 1 is 1.67 bits per heavy atom. The molecule has 1 amide bonds. The van der Waals surface area contributed by atoms with E-state index >= 15 is 0 Å². The number of amides is 1. The molecule has 6 nitrogen and oxygen atoms in total. The molecule has 1 aliphatic carbocycles. The van der Waals surface area contributed by atoms with E-state index in [2.05, 4.69) is 0 Å². The maximum Gasteiger partial charge on any atom is 0.410 e. The number of likely N-dealkylation sites (N-methyl/N-ethyl adjacent to an activating group) is 1. The minimum atomic E-state index is -0.810. The molecule has 2 aliphatic rings. The van der Waals surface area contributed by atoms with Crippen molar-refractivity contribution in [1.82, 2.24) is 4.90 Å². The molecule has 86 valence electrons. The summed E-state index contributed by atoms with van der Waals surface area (Å²) in [5, 5.41) is 9.81. The van der Waals surface area contributed by atoms with Crippen molar-refractivity contribution in [2.45, 2.75) is 36.8 Å². The van der Waals surface area contributed by atoms with Crippen LogP contribution in [0.15, 0.2) is 0 Å². The third-order valence-corrected chi connectivity index (χ3v) is 3.27. The molecule has 0 radical (unpaired) electrons. The van der Waals surface area contributed by atoms with Crippen molar-refractivity contribution in [3.63, 3.8) is 0 Å². The van der Waals surface area contributed by atoms with E-state index in [9.17, 15) is 9.90 Å². The van der Waals surface area contributed by atoms with E-state index in [4.69, 9.17) is 15.2 Å². The summed E-state index contributed by atoms with van der Waals surface area (Å²) in [4.78, 5) is 12.8. The van der Waals surface area contributed by atoms with Gasteiger partial charge in [-0.3, -0.25) is 0 Å². The summed E-state index contributed by atoms with van der Waals surface area (Å²) in [7, 11) is 3.21. The largest absolute Gasteiger partial charge is 0.441 e. The zero-order valence-corrected chi connectivity index (χ0v) is 8.79. The minimum absolute atomic E-state index is 0.176. The van der Waals surface area contributed by atoms with Crippen LogP contribution in [-0.2, 0) is 9.47 Å². The van der Waals surface area contributed by atoms with Gasteiger partial charge in [0.15, 0.2) is 6.10 Å². The Kier molecular flexibility index (Phi) is 2.57. The summed E-state index contributed by atoms with van der Waals surface area (Å²) in [6.07, 6.45) is -1.46. The molecule has 5 atom stereocenters. The van der Waals surface area contributed by atoms with Gasteiger partial charge in [-0.1, -0.05) is 0 Å². The molecule has 1 saturated carbocycles. The fourth-order valence-corrected chi connectivity index (χ4v) is 2.37. The van der Waals surface area contributed by atoms with Crippen molar-refractivity contribution in [1.29, 1.82) is 0 Å². The van der Waals surface area contributed by atoms with Gasteiger partial charge in [-0.2, -0.15) is 0 Å². The lowest BCUT2D eigenvalue weighted by atomic mass is 9.84. The summed E-state index contributed by atoms with van der Waals surface area (Å²) in [6.45, 7) is 0. The molecule has 2 rings (SSSR count). The zero-order chi connectivity index (χ0) is 11.2. The average molecular weight is 216 g/mol. The highest BCUT2D eigenvalue weighted by Crippen LogP contribution is 2.32. The van der Waals surface area contributed by atoms with Gasteiger partial charge in [-0.25, -0.2) is 4.79 Å². The fraction of sp³-hybridized carbons (Fsp3) is 0.889. The number of aliphatic hydroxyl groups excluding tert-OH is 1. The van der Waals surface area contributed by atoms with Crippen molar-refractivity contribution in [3.05, 3.63) is 0 Å². The number of aliphatic hydroxyl groups is 1. The molecule has 0 aromatic rings. The summed E-state index contributed by atoms with van der Waals surface area (Å²) < 4.78 is 10.3. The van der Waals surface area contributed by atoms with Crippen molar-refractivity contribution >= 4 is 6.09 Å². The molecule has 3 N–H and O–H groups in total. The van der Waals surface area contributed by atoms with Gasteiger partial charge in [-0.05, 0) is 6.42 Å². The van der Waals surface area contributed by atoms with Gasteiger partial charge in [0.1, 0.15) is 12.1 Å². The number of carbonyl (C=O) groups is 1. The molecule has 0 unspecified atom stereocenters. The highest BCUT2D eigenvalue weighted by molar-refractivity contribution is 5.70. The Hall–Kier alpha value is -0.850. The van der Waals surface area contributed by atoms with E-state index in [1.165, 1.54) is 4.90 Å². The molecule has 0 aromatic heterocycles. The van der Waals surface area contributed by atoms with Crippen molar-refractivity contribution in [3.8, 4) is 0 Å². The molecule has 1 heterocycles. The Bertz CT molecular complexity index is 273. The van der Waals surface area contributed by atoms with Gasteiger partial charge in [0.25, 0.3) is 0 Å². The number of fused-ring (bicyclic) bond motifs is 1. The van der Waals surface area contributed by atoms with Gasteiger partial charge in [0.2, 0.25) is 0 Å². The molecule has 0 aromatic carbocycles. The molecule has 6 heteroatoms. The Morgan fingerprint density at radius 2 is 2.33 bits per heavy atom. The highest BCUT2D eigenvalue weighted by Gasteiger charge is 2.53. The minimum Gasteiger partial charge on any atom is -0.441 e. The van der Waals surface area contributed by atoms with Crippen LogP contribution in [0.25, 0.3) is 0 Å². The Balaban J connectivity index is 2.24. The SMILES string of the molecule is CO[C@H]1C[C@H](N)[C@@H](O)[C@H]2OC(=O)N(C)[C@H]21. The number of nitrogens with zero attached hydrogens (tertiary/aromatic N) is 1. The number of carbonyl (C=O) groups excluding carboxylic acids is 1. The molecule has 15 heavy (non-hydrogen) atoms. The third kappa shape index (κ3) is 1.49. The molecular weight excluding hydrogens is 200 g/mol. The van der Waals surface area contributed by atoms with Crippen LogP contribution < -0.4 is 5.73 Å². The first-order chi connectivity index (χ1) is 7.06. The Morgan fingerprint density at radius 3 is 2.93 bits per heavy atom. The van der Waals surface area contributed by atoms with E-state index in [-0.39, 0.29) is 12.1 Å². The van der Waals surface area contributed by atoms with Crippen LogP contribution in [0.1, 0.15) is 6.42 Å². The first-order valence-corrected chi connectivity index (χ1v) is 4.96. The number of methoxy groups -OCH3 is 1. The van der Waals surface area contributed by atoms with E-state index in [1.54, 1.807) is 14.2 Å². The second-order valence-corrected chi connectivity index (χ2v) is 4.11. The maximum absolute atomic E-state index is 11.4. The number of nitrogens with two attached hydrogens (primary N) is 1. The summed E-state index contributed by atoms with van der Waals surface area (Å²) in [5.74, 6) is 0. The molecular formula is C9H16N2O4. The molecule has 2 fully saturated rings. The van der Waals surface area contributed by atoms with Crippen molar-refractivity contribution < 1.29 is 19.4 Å². The molecule has 0 bridgehead atoms. The predicted octanol–water partition coefficient (Wildman–Crippen LogP) is -1.09. The third-order valence-electron chi connectivity index (χ3n) is 3.27. The normalized spacial score (nSPS) is 45.2. The van der Waals surface area contributed by atoms with Crippen LogP contribution in [0.5, 0.6) is 0 Å². The standard InChI is InChI=1S/C9H16N2O4/c1-11-6-5(14-2)3-4(10)7(12)8(6)15-9(11)13/h4-8,12H,3,10H2,1-2H3/t4-,5-,6-,7+,8-/m0/s1. The van der Waals surface area contributed by atoms with Crippen molar-refractivity contribution in [2.75, 3.05) is 14.2 Å². The summed E-state index contributed by atoms with van der Waals surface area (Å²) in [5.41, 5.74) is 5.75. The van der Waals surface area contributed by atoms with E-state index < -0.39 is 24.3 Å². The highest BCUT2D eigenvalue weighted by atomic mass is 16.6. The lowest BCUT2D eigenvalue weighted by Gasteiger charge is -2.39. The van der Waals surface area contributed by atoms with Gasteiger partial charge in [0.05, 0.1) is 6.10 Å². The zero-order valence-electron chi connectivity index (χ0n) is 8.79. The number of ether oxygens (including phenoxy) is 2. The van der Waals surface area contributed by atoms with E-state index in [1.807, 2.05) is 0 Å². The summed E-state index contributed by atoms with van der Waals surface area (Å²) >= 11 is 0. The van der Waals surface area contributed by atoms with Crippen LogP contribution in [-0.4, -0.2) is 60.7 Å². The van der Waals surface area contributed by atoms with Crippen LogP contribution in [0.4, 0.5) is 4.79 Å². The van der Waals surface area contributed by atoms with Gasteiger partial charge < -0.3 is 25.2 Å². The van der Waals surface area contributed by atoms with E-state index in [0.717, 1.165) is 0 Å². The average Bonchev–Trinajstić information content (AvgIpc) is 2.50. The smallest absolute Gasteiger partial charge is 0.410 e. The lowest BCUT2D eigenvalue weighted by molar-refractivity contribution is -0.0776. The van der Waals surface area contributed by atoms with Crippen LogP contribution in [0.2, 0.25) is 0 Å². The Labute approximate surface area is 87.9 Å². The topological polar surface area (TPSA) is 85.0 Å². The molecule has 1 aliphatic heterocycles. The quantitative estimate of drug-likeness (QED) is 0.582. The number of rotatable bonds is 1. The second-order valence-electron chi connectivity index (χ2n) is 4.11. The van der Waals surface area contributed by atoms with Crippen molar-refractivity contribution in [2.24, 2.45) is 5.73 Å². The molecule has 0 spiro atoms. The first-order valence-electron chi connectivity index (χ1n) is 4.96. The number of hydrogen-bond donors (Lipinski definition) is 2. The van der Waals surface area contributed by atoms with Crippen LogP contribution in [0, 0.1) is 0 Å². The maximum atomic E-state index is 11.4. The number of hydrogen-bond acceptors (Lipinski definition) is 5. The van der Waals surface area contributed by atoms with Gasteiger partial charge >= 0.3 is 6.09 Å². The molecule has 1 saturated heterocycles. The summed E-state index contributed by atoms with van der Waals surface area (Å²) in [6, 6.07) is -0.646. The lowest BCUT2D eigenvalue weighted by Crippen LogP contribution is -2.60. The monoisotopic (exact) mass is 216 g/mol. The second kappa shape index (κ2) is 3.62. The fourth-order valence-electron chi connectivity index (χ4n) is 2.37.